The molecule has 4 nitrogen and oxygen atoms in total. The Morgan fingerprint density at radius 3 is 2.76 bits per heavy atom. The van der Waals surface area contributed by atoms with Crippen LogP contribution in [-0.2, 0) is 9.84 Å². The minimum Gasteiger partial charge on any atom is -0.309 e. The maximum absolute atomic E-state index is 12.1. The zero-order valence-electron chi connectivity index (χ0n) is 12.9. The van der Waals surface area contributed by atoms with Gasteiger partial charge in [0.25, 0.3) is 0 Å². The molecule has 21 heavy (non-hydrogen) atoms. The first kappa shape index (κ1) is 16.4. The molecule has 0 saturated heterocycles. The summed E-state index contributed by atoms with van der Waals surface area (Å²) in [6, 6.07) is 4.19. The van der Waals surface area contributed by atoms with Crippen molar-refractivity contribution in [1.29, 1.82) is 0 Å². The molecule has 2 aromatic rings. The molecular formula is C15H22N2O2S2. The first-order valence-electron chi connectivity index (χ1n) is 6.99. The van der Waals surface area contributed by atoms with Gasteiger partial charge in [0.05, 0.1) is 20.7 Å². The quantitative estimate of drug-likeness (QED) is 0.917. The Morgan fingerprint density at radius 2 is 2.10 bits per heavy atom. The van der Waals surface area contributed by atoms with Crippen molar-refractivity contribution in [3.05, 3.63) is 29.3 Å². The second-order valence-electron chi connectivity index (χ2n) is 6.18. The number of fused-ring (bicyclic) bond motifs is 1. The zero-order chi connectivity index (χ0) is 15.7. The van der Waals surface area contributed by atoms with Gasteiger partial charge in [0.2, 0.25) is 0 Å². The molecule has 0 radical (unpaired) electrons. The van der Waals surface area contributed by atoms with Crippen molar-refractivity contribution in [1.82, 2.24) is 10.3 Å². The SMILES string of the molecule is CC(NCCS(=O)(=O)C(C)(C)C)c1cnc2ccsc2c1. The molecule has 1 N–H and O–H groups in total. The normalized spacial score (nSPS) is 14.5. The summed E-state index contributed by atoms with van der Waals surface area (Å²) in [5.41, 5.74) is 2.09. The number of thiophene rings is 1. The van der Waals surface area contributed by atoms with Gasteiger partial charge in [-0.05, 0) is 50.8 Å². The lowest BCUT2D eigenvalue weighted by Crippen LogP contribution is -2.35. The van der Waals surface area contributed by atoms with E-state index in [0.29, 0.717) is 6.54 Å². The predicted molar refractivity (Wildman–Crippen MR) is 89.6 cm³/mol. The van der Waals surface area contributed by atoms with E-state index in [0.717, 1.165) is 15.8 Å². The maximum atomic E-state index is 12.1. The first-order chi connectivity index (χ1) is 9.71. The molecule has 0 aliphatic carbocycles. The van der Waals surface area contributed by atoms with Crippen molar-refractivity contribution in [2.75, 3.05) is 12.3 Å². The molecule has 0 aromatic carbocycles. The van der Waals surface area contributed by atoms with E-state index in [4.69, 9.17) is 0 Å². The van der Waals surface area contributed by atoms with Crippen LogP contribution in [0.5, 0.6) is 0 Å². The number of pyridine rings is 1. The zero-order valence-corrected chi connectivity index (χ0v) is 14.5. The lowest BCUT2D eigenvalue weighted by Gasteiger charge is -2.20. The van der Waals surface area contributed by atoms with Crippen molar-refractivity contribution < 1.29 is 8.42 Å². The standard InChI is InChI=1S/C15H22N2O2S2/c1-11(16-6-8-21(18,19)15(2,3)4)12-9-14-13(17-10-12)5-7-20-14/h5,7,9-11,16H,6,8H2,1-4H3. The fourth-order valence-corrected chi connectivity index (χ4v) is 3.72. The van der Waals surface area contributed by atoms with E-state index in [-0.39, 0.29) is 11.8 Å². The van der Waals surface area contributed by atoms with E-state index in [1.54, 1.807) is 32.1 Å². The number of hydrogen-bond acceptors (Lipinski definition) is 5. The number of hydrogen-bond donors (Lipinski definition) is 1. The summed E-state index contributed by atoms with van der Waals surface area (Å²) < 4.78 is 24.6. The largest absolute Gasteiger partial charge is 0.309 e. The highest BCUT2D eigenvalue weighted by molar-refractivity contribution is 7.92. The molecule has 0 saturated carbocycles. The molecule has 1 atom stereocenters. The van der Waals surface area contributed by atoms with Crippen LogP contribution in [0.2, 0.25) is 0 Å². The number of aromatic nitrogens is 1. The third-order valence-electron chi connectivity index (χ3n) is 3.58. The number of nitrogens with zero attached hydrogens (tertiary/aromatic N) is 1. The molecule has 1 unspecified atom stereocenters. The highest BCUT2D eigenvalue weighted by Crippen LogP contribution is 2.22. The van der Waals surface area contributed by atoms with Crippen LogP contribution in [0.4, 0.5) is 0 Å². The van der Waals surface area contributed by atoms with Crippen molar-refractivity contribution in [2.45, 2.75) is 38.5 Å². The van der Waals surface area contributed by atoms with Gasteiger partial charge in [0, 0.05) is 18.8 Å². The number of sulfone groups is 1. The van der Waals surface area contributed by atoms with E-state index in [9.17, 15) is 8.42 Å². The third kappa shape index (κ3) is 3.81. The molecule has 0 bridgehead atoms. The summed E-state index contributed by atoms with van der Waals surface area (Å²) in [4.78, 5) is 4.41. The first-order valence-corrected chi connectivity index (χ1v) is 9.53. The average molecular weight is 326 g/mol. The Kier molecular flexibility index (Phi) is 4.70. The van der Waals surface area contributed by atoms with Gasteiger partial charge in [-0.1, -0.05) is 0 Å². The fourth-order valence-electron chi connectivity index (χ4n) is 1.93. The predicted octanol–water partition coefficient (Wildman–Crippen LogP) is 3.16. The molecule has 0 fully saturated rings. The Balaban J connectivity index is 1.97. The van der Waals surface area contributed by atoms with Crippen LogP contribution in [0, 0.1) is 0 Å². The minimum absolute atomic E-state index is 0.0826. The lowest BCUT2D eigenvalue weighted by atomic mass is 10.1. The Bertz CT molecular complexity index is 715. The van der Waals surface area contributed by atoms with E-state index in [1.807, 2.05) is 24.6 Å². The van der Waals surface area contributed by atoms with Crippen LogP contribution in [0.25, 0.3) is 10.2 Å². The highest BCUT2D eigenvalue weighted by Gasteiger charge is 2.28. The summed E-state index contributed by atoms with van der Waals surface area (Å²) in [6.45, 7) is 7.69. The molecule has 116 valence electrons. The van der Waals surface area contributed by atoms with Gasteiger partial charge in [0.15, 0.2) is 9.84 Å². The molecule has 0 aliphatic heterocycles. The molecular weight excluding hydrogens is 304 g/mol. The van der Waals surface area contributed by atoms with Crippen LogP contribution in [-0.4, -0.2) is 30.4 Å². The molecule has 0 spiro atoms. The third-order valence-corrected chi connectivity index (χ3v) is 7.04. The molecule has 2 rings (SSSR count). The van der Waals surface area contributed by atoms with E-state index in [2.05, 4.69) is 16.4 Å². The monoisotopic (exact) mass is 326 g/mol. The molecule has 0 amide bonds. The highest BCUT2D eigenvalue weighted by atomic mass is 32.2. The van der Waals surface area contributed by atoms with Crippen molar-refractivity contribution in [2.24, 2.45) is 0 Å². The Morgan fingerprint density at radius 1 is 1.38 bits per heavy atom. The van der Waals surface area contributed by atoms with Crippen LogP contribution in [0.3, 0.4) is 0 Å². The maximum Gasteiger partial charge on any atom is 0.156 e. The molecule has 2 heterocycles. The fraction of sp³-hybridized carbons (Fsp3) is 0.533. The summed E-state index contributed by atoms with van der Waals surface area (Å²) in [6.07, 6.45) is 1.85. The number of nitrogens with one attached hydrogen (secondary N) is 1. The second-order valence-corrected chi connectivity index (χ2v) is 9.99. The Hall–Kier alpha value is -0.980. The second kappa shape index (κ2) is 6.02. The van der Waals surface area contributed by atoms with Crippen molar-refractivity contribution in [3.8, 4) is 0 Å². The summed E-state index contributed by atoms with van der Waals surface area (Å²) in [7, 11) is -3.08. The molecule has 2 aromatic heterocycles. The summed E-state index contributed by atoms with van der Waals surface area (Å²) >= 11 is 1.66. The van der Waals surface area contributed by atoms with Gasteiger partial charge in [-0.3, -0.25) is 4.98 Å². The summed E-state index contributed by atoms with van der Waals surface area (Å²) in [5.74, 6) is 0.148. The van der Waals surface area contributed by atoms with Gasteiger partial charge in [-0.25, -0.2) is 8.42 Å². The van der Waals surface area contributed by atoms with Crippen LogP contribution >= 0.6 is 11.3 Å². The van der Waals surface area contributed by atoms with Crippen molar-refractivity contribution in [3.63, 3.8) is 0 Å². The van der Waals surface area contributed by atoms with Gasteiger partial charge in [-0.15, -0.1) is 11.3 Å². The Labute approximate surface area is 130 Å². The molecule has 6 heteroatoms. The molecule has 0 aliphatic rings. The van der Waals surface area contributed by atoms with E-state index >= 15 is 0 Å². The van der Waals surface area contributed by atoms with E-state index in [1.165, 1.54) is 0 Å². The van der Waals surface area contributed by atoms with E-state index < -0.39 is 14.6 Å². The van der Waals surface area contributed by atoms with Gasteiger partial charge < -0.3 is 5.32 Å². The average Bonchev–Trinajstić information content (AvgIpc) is 2.84. The van der Waals surface area contributed by atoms with Gasteiger partial charge in [0.1, 0.15) is 0 Å². The topological polar surface area (TPSA) is 59.1 Å². The van der Waals surface area contributed by atoms with Crippen LogP contribution in [0.1, 0.15) is 39.3 Å². The lowest BCUT2D eigenvalue weighted by molar-refractivity contribution is 0.546. The van der Waals surface area contributed by atoms with Crippen molar-refractivity contribution >= 4 is 31.4 Å². The smallest absolute Gasteiger partial charge is 0.156 e. The minimum atomic E-state index is -3.08. The van der Waals surface area contributed by atoms with Gasteiger partial charge >= 0.3 is 0 Å². The van der Waals surface area contributed by atoms with Crippen LogP contribution < -0.4 is 5.32 Å². The van der Waals surface area contributed by atoms with Crippen LogP contribution in [0.15, 0.2) is 23.7 Å². The summed E-state index contributed by atoms with van der Waals surface area (Å²) in [5, 5.41) is 5.29. The number of rotatable bonds is 5. The van der Waals surface area contributed by atoms with Gasteiger partial charge in [-0.2, -0.15) is 0 Å².